The average Bonchev–Trinajstić information content (AvgIpc) is 2.41. The van der Waals surface area contributed by atoms with Crippen LogP contribution in [-0.4, -0.2) is 38.3 Å². The first-order valence-corrected chi connectivity index (χ1v) is 6.29. The first-order valence-electron chi connectivity index (χ1n) is 6.29. The summed E-state index contributed by atoms with van der Waals surface area (Å²) in [6.45, 7) is -0.955. The van der Waals surface area contributed by atoms with E-state index in [4.69, 9.17) is 4.74 Å². The van der Waals surface area contributed by atoms with E-state index < -0.39 is 6.61 Å². The molecule has 0 radical (unpaired) electrons. The van der Waals surface area contributed by atoms with Crippen LogP contribution >= 0.6 is 12.4 Å². The number of ether oxygens (including phenoxy) is 2. The van der Waals surface area contributed by atoms with Gasteiger partial charge in [-0.3, -0.25) is 4.79 Å². The molecule has 5 nitrogen and oxygen atoms in total. The van der Waals surface area contributed by atoms with E-state index in [-0.39, 0.29) is 30.1 Å². The molecule has 0 bridgehead atoms. The van der Waals surface area contributed by atoms with Crippen molar-refractivity contribution >= 4 is 24.0 Å². The highest BCUT2D eigenvalue weighted by Gasteiger charge is 2.16. The van der Waals surface area contributed by atoms with Crippen molar-refractivity contribution in [2.24, 2.45) is 0 Å². The minimum absolute atomic E-state index is 0. The number of alkyl halides is 2. The number of nitrogens with one attached hydrogen (secondary N) is 2. The van der Waals surface area contributed by atoms with Gasteiger partial charge in [-0.1, -0.05) is 0 Å². The number of anilines is 1. The van der Waals surface area contributed by atoms with Gasteiger partial charge in [0.15, 0.2) is 0 Å². The Morgan fingerprint density at radius 1 is 1.43 bits per heavy atom. The Labute approximate surface area is 127 Å². The molecule has 1 aliphatic rings. The van der Waals surface area contributed by atoms with E-state index in [1.54, 1.807) is 0 Å². The standard InChI is InChI=1S/C13H16F2N2O3.ClH/c14-13(15)20-11-3-1-9(2-4-11)17-12(18)7-10-8-19-6-5-16-10;/h1-4,10,13,16H,5-8H2,(H,17,18);1H. The van der Waals surface area contributed by atoms with Crippen LogP contribution in [-0.2, 0) is 9.53 Å². The molecule has 0 saturated carbocycles. The minimum atomic E-state index is -2.85. The van der Waals surface area contributed by atoms with Crippen LogP contribution in [0.4, 0.5) is 14.5 Å². The summed E-state index contributed by atoms with van der Waals surface area (Å²) in [5.41, 5.74) is 0.536. The zero-order valence-corrected chi connectivity index (χ0v) is 12.0. The number of halogens is 3. The van der Waals surface area contributed by atoms with Gasteiger partial charge >= 0.3 is 6.61 Å². The lowest BCUT2D eigenvalue weighted by molar-refractivity contribution is -0.117. The van der Waals surface area contributed by atoms with Gasteiger partial charge in [-0.15, -0.1) is 12.4 Å². The van der Waals surface area contributed by atoms with Crippen LogP contribution in [0.2, 0.25) is 0 Å². The third-order valence-corrected chi connectivity index (χ3v) is 2.79. The molecule has 2 N–H and O–H groups in total. The number of amides is 1. The van der Waals surface area contributed by atoms with E-state index in [1.165, 1.54) is 24.3 Å². The predicted octanol–water partition coefficient (Wildman–Crippen LogP) is 2.03. The summed E-state index contributed by atoms with van der Waals surface area (Å²) in [6, 6.07) is 5.79. The third-order valence-electron chi connectivity index (χ3n) is 2.79. The minimum Gasteiger partial charge on any atom is -0.435 e. The van der Waals surface area contributed by atoms with E-state index in [9.17, 15) is 13.6 Å². The number of hydrogen-bond donors (Lipinski definition) is 2. The van der Waals surface area contributed by atoms with Crippen molar-refractivity contribution < 1.29 is 23.0 Å². The Bertz CT molecular complexity index is 440. The quantitative estimate of drug-likeness (QED) is 0.871. The molecule has 1 unspecified atom stereocenters. The van der Waals surface area contributed by atoms with Gasteiger partial charge < -0.3 is 20.1 Å². The highest BCUT2D eigenvalue weighted by atomic mass is 35.5. The maximum atomic E-state index is 12.0. The molecule has 1 heterocycles. The smallest absolute Gasteiger partial charge is 0.387 e. The van der Waals surface area contributed by atoms with Gasteiger partial charge in [-0.2, -0.15) is 8.78 Å². The molecule has 1 aromatic carbocycles. The summed E-state index contributed by atoms with van der Waals surface area (Å²) < 4.78 is 33.4. The van der Waals surface area contributed by atoms with Gasteiger partial charge in [0.2, 0.25) is 5.91 Å². The Balaban J connectivity index is 0.00000220. The van der Waals surface area contributed by atoms with Crippen LogP contribution in [0.15, 0.2) is 24.3 Å². The van der Waals surface area contributed by atoms with Crippen LogP contribution in [0.3, 0.4) is 0 Å². The second-order valence-electron chi connectivity index (χ2n) is 4.38. The van der Waals surface area contributed by atoms with Gasteiger partial charge in [-0.25, -0.2) is 0 Å². The molecule has 0 aromatic heterocycles. The van der Waals surface area contributed by atoms with Gasteiger partial charge in [0, 0.05) is 24.7 Å². The summed E-state index contributed by atoms with van der Waals surface area (Å²) in [6.07, 6.45) is 0.301. The monoisotopic (exact) mass is 322 g/mol. The second kappa shape index (κ2) is 8.76. The Kier molecular flexibility index (Phi) is 7.35. The number of rotatable bonds is 5. The predicted molar refractivity (Wildman–Crippen MR) is 76.2 cm³/mol. The molecule has 118 valence electrons. The van der Waals surface area contributed by atoms with Gasteiger partial charge in [-0.05, 0) is 24.3 Å². The highest BCUT2D eigenvalue weighted by molar-refractivity contribution is 5.91. The first-order chi connectivity index (χ1) is 9.63. The van der Waals surface area contributed by atoms with E-state index in [1.807, 2.05) is 0 Å². The van der Waals surface area contributed by atoms with Crippen LogP contribution in [0.25, 0.3) is 0 Å². The first kappa shape index (κ1) is 17.6. The Morgan fingerprint density at radius 3 is 2.71 bits per heavy atom. The molecule has 1 atom stereocenters. The Morgan fingerprint density at radius 2 is 2.14 bits per heavy atom. The van der Waals surface area contributed by atoms with Gasteiger partial charge in [0.25, 0.3) is 0 Å². The molecule has 0 spiro atoms. The SMILES string of the molecule is Cl.O=C(CC1COCCN1)Nc1ccc(OC(F)F)cc1. The van der Waals surface area contributed by atoms with Crippen molar-refractivity contribution in [3.63, 3.8) is 0 Å². The molecular formula is C13H17ClF2N2O3. The second-order valence-corrected chi connectivity index (χ2v) is 4.38. The molecule has 0 aliphatic carbocycles. The molecule has 1 aliphatic heterocycles. The topological polar surface area (TPSA) is 59.6 Å². The lowest BCUT2D eigenvalue weighted by Crippen LogP contribution is -2.43. The van der Waals surface area contributed by atoms with Crippen molar-refractivity contribution in [1.29, 1.82) is 0 Å². The number of carbonyl (C=O) groups is 1. The lowest BCUT2D eigenvalue weighted by Gasteiger charge is -2.23. The fraction of sp³-hybridized carbons (Fsp3) is 0.462. The van der Waals surface area contributed by atoms with Crippen LogP contribution < -0.4 is 15.4 Å². The van der Waals surface area contributed by atoms with Crippen molar-refractivity contribution in [2.45, 2.75) is 19.1 Å². The third kappa shape index (κ3) is 6.24. The van der Waals surface area contributed by atoms with E-state index in [2.05, 4.69) is 15.4 Å². The maximum absolute atomic E-state index is 12.0. The van der Waals surface area contributed by atoms with E-state index in [0.29, 0.717) is 25.3 Å². The fourth-order valence-electron chi connectivity index (χ4n) is 1.91. The lowest BCUT2D eigenvalue weighted by atomic mass is 10.2. The molecule has 8 heteroatoms. The summed E-state index contributed by atoms with van der Waals surface area (Å²) in [7, 11) is 0. The molecule has 1 aromatic rings. The number of morpholine rings is 1. The van der Waals surface area contributed by atoms with Crippen molar-refractivity contribution in [3.8, 4) is 5.75 Å². The normalized spacial score (nSPS) is 18.0. The summed E-state index contributed by atoms with van der Waals surface area (Å²) in [5.74, 6) is -0.101. The maximum Gasteiger partial charge on any atom is 0.387 e. The van der Waals surface area contributed by atoms with Gasteiger partial charge in [0.05, 0.1) is 13.2 Å². The zero-order chi connectivity index (χ0) is 14.4. The van der Waals surface area contributed by atoms with E-state index in [0.717, 1.165) is 6.54 Å². The molecule has 21 heavy (non-hydrogen) atoms. The largest absolute Gasteiger partial charge is 0.435 e. The average molecular weight is 323 g/mol. The summed E-state index contributed by atoms with van der Waals surface area (Å²) in [5, 5.41) is 5.87. The molecule has 1 fully saturated rings. The number of benzene rings is 1. The van der Waals surface area contributed by atoms with E-state index >= 15 is 0 Å². The van der Waals surface area contributed by atoms with Crippen molar-refractivity contribution in [2.75, 3.05) is 25.1 Å². The van der Waals surface area contributed by atoms with Crippen LogP contribution in [0, 0.1) is 0 Å². The van der Waals surface area contributed by atoms with Crippen molar-refractivity contribution in [1.82, 2.24) is 5.32 Å². The Hall–Kier alpha value is -1.44. The number of hydrogen-bond acceptors (Lipinski definition) is 4. The van der Waals surface area contributed by atoms with Crippen LogP contribution in [0.5, 0.6) is 5.75 Å². The zero-order valence-electron chi connectivity index (χ0n) is 11.2. The molecular weight excluding hydrogens is 306 g/mol. The van der Waals surface area contributed by atoms with Crippen molar-refractivity contribution in [3.05, 3.63) is 24.3 Å². The summed E-state index contributed by atoms with van der Waals surface area (Å²) in [4.78, 5) is 11.8. The molecule has 2 rings (SSSR count). The highest BCUT2D eigenvalue weighted by Crippen LogP contribution is 2.18. The molecule has 1 amide bonds. The number of carbonyl (C=O) groups excluding carboxylic acids is 1. The fourth-order valence-corrected chi connectivity index (χ4v) is 1.91. The summed E-state index contributed by atoms with van der Waals surface area (Å²) >= 11 is 0. The van der Waals surface area contributed by atoms with Gasteiger partial charge in [0.1, 0.15) is 5.75 Å². The van der Waals surface area contributed by atoms with Crippen LogP contribution in [0.1, 0.15) is 6.42 Å². The molecule has 1 saturated heterocycles.